The number of ether oxygens (including phenoxy) is 1. The van der Waals surface area contributed by atoms with Crippen molar-refractivity contribution in [3.63, 3.8) is 0 Å². The van der Waals surface area contributed by atoms with Gasteiger partial charge in [0.2, 0.25) is 0 Å². The highest BCUT2D eigenvalue weighted by Gasteiger charge is 2.18. The molecule has 2 aromatic carbocycles. The Morgan fingerprint density at radius 3 is 2.65 bits per heavy atom. The number of hydrogen-bond acceptors (Lipinski definition) is 2. The van der Waals surface area contributed by atoms with Crippen molar-refractivity contribution < 1.29 is 4.74 Å². The van der Waals surface area contributed by atoms with Crippen LogP contribution in [0.4, 0.5) is 0 Å². The van der Waals surface area contributed by atoms with Crippen LogP contribution in [0.25, 0.3) is 0 Å². The molecule has 0 amide bonds. The monoisotopic (exact) mass is 445 g/mol. The highest BCUT2D eigenvalue weighted by atomic mass is 127. The Balaban J connectivity index is 2.49. The summed E-state index contributed by atoms with van der Waals surface area (Å²) in [5.41, 5.74) is 2.37. The first kappa shape index (κ1) is 15.8. The average molecular weight is 446 g/mol. The molecule has 2 aromatic rings. The minimum atomic E-state index is 0.0989. The molecule has 0 aliphatic rings. The van der Waals surface area contributed by atoms with Crippen LogP contribution >= 0.6 is 38.5 Å². The van der Waals surface area contributed by atoms with E-state index in [1.807, 2.05) is 32.2 Å². The van der Waals surface area contributed by atoms with Crippen LogP contribution in [-0.4, -0.2) is 13.7 Å². The summed E-state index contributed by atoms with van der Waals surface area (Å²) < 4.78 is 8.07. The number of para-hydroxylation sites is 1. The predicted molar refractivity (Wildman–Crippen MR) is 95.4 cm³/mol. The topological polar surface area (TPSA) is 21.3 Å². The van der Waals surface area contributed by atoms with Crippen LogP contribution in [0.15, 0.2) is 46.9 Å². The zero-order valence-electron chi connectivity index (χ0n) is 11.5. The molecule has 0 heterocycles. The Hall–Kier alpha value is -0.590. The molecule has 0 fully saturated rings. The third kappa shape index (κ3) is 3.54. The van der Waals surface area contributed by atoms with E-state index in [0.717, 1.165) is 15.8 Å². The molecule has 0 saturated heterocycles. The third-order valence-corrected chi connectivity index (χ3v) is 4.48. The highest BCUT2D eigenvalue weighted by molar-refractivity contribution is 14.1. The Bertz CT molecular complexity index is 588. The van der Waals surface area contributed by atoms with Crippen molar-refractivity contribution >= 4 is 38.5 Å². The van der Waals surface area contributed by atoms with E-state index in [9.17, 15) is 0 Å². The van der Waals surface area contributed by atoms with Crippen molar-refractivity contribution in [2.45, 2.75) is 13.0 Å². The van der Waals surface area contributed by atoms with Gasteiger partial charge in [0.1, 0.15) is 5.75 Å². The summed E-state index contributed by atoms with van der Waals surface area (Å²) in [6.07, 6.45) is 0. The van der Waals surface area contributed by atoms with E-state index in [2.05, 4.69) is 68.1 Å². The summed E-state index contributed by atoms with van der Waals surface area (Å²) >= 11 is 5.99. The largest absolute Gasteiger partial charge is 0.494 e. The van der Waals surface area contributed by atoms with Crippen LogP contribution < -0.4 is 10.1 Å². The third-order valence-electron chi connectivity index (χ3n) is 3.09. The highest BCUT2D eigenvalue weighted by Crippen LogP contribution is 2.34. The van der Waals surface area contributed by atoms with Crippen LogP contribution in [0.5, 0.6) is 5.75 Å². The molecule has 20 heavy (non-hydrogen) atoms. The summed E-state index contributed by atoms with van der Waals surface area (Å²) in [6.45, 7) is 2.67. The average Bonchev–Trinajstić information content (AvgIpc) is 2.45. The standard InChI is InChI=1S/C16H17BrINO/c1-3-20-15-7-5-4-6-12(15)16(19-2)13-10-11(18)8-9-14(13)17/h4-10,16,19H,3H2,1-2H3. The second-order valence-electron chi connectivity index (χ2n) is 4.36. The lowest BCUT2D eigenvalue weighted by Crippen LogP contribution is -2.19. The summed E-state index contributed by atoms with van der Waals surface area (Å²) in [7, 11) is 1.97. The maximum absolute atomic E-state index is 5.75. The summed E-state index contributed by atoms with van der Waals surface area (Å²) in [5, 5.41) is 3.39. The second-order valence-corrected chi connectivity index (χ2v) is 6.46. The van der Waals surface area contributed by atoms with Crippen molar-refractivity contribution in [2.75, 3.05) is 13.7 Å². The second kappa shape index (κ2) is 7.43. The molecular weight excluding hydrogens is 429 g/mol. The maximum atomic E-state index is 5.75. The number of hydrogen-bond donors (Lipinski definition) is 1. The smallest absolute Gasteiger partial charge is 0.124 e. The van der Waals surface area contributed by atoms with Gasteiger partial charge < -0.3 is 10.1 Å². The molecule has 4 heteroatoms. The van der Waals surface area contributed by atoms with E-state index in [0.29, 0.717) is 6.61 Å². The first-order valence-corrected chi connectivity index (χ1v) is 8.38. The van der Waals surface area contributed by atoms with E-state index in [1.54, 1.807) is 0 Å². The van der Waals surface area contributed by atoms with Crippen LogP contribution in [0, 0.1) is 3.57 Å². The Kier molecular flexibility index (Phi) is 5.86. The minimum Gasteiger partial charge on any atom is -0.494 e. The normalized spacial score (nSPS) is 12.2. The molecule has 0 bridgehead atoms. The van der Waals surface area contributed by atoms with Crippen LogP contribution in [0.3, 0.4) is 0 Å². The Labute approximate surface area is 142 Å². The minimum absolute atomic E-state index is 0.0989. The van der Waals surface area contributed by atoms with Crippen molar-refractivity contribution in [1.82, 2.24) is 5.32 Å². The summed E-state index contributed by atoms with van der Waals surface area (Å²) in [5.74, 6) is 0.931. The lowest BCUT2D eigenvalue weighted by atomic mass is 9.98. The number of benzene rings is 2. The van der Waals surface area contributed by atoms with Crippen molar-refractivity contribution in [3.05, 3.63) is 61.6 Å². The van der Waals surface area contributed by atoms with Crippen molar-refractivity contribution in [1.29, 1.82) is 0 Å². The zero-order chi connectivity index (χ0) is 14.5. The molecule has 2 rings (SSSR count). The summed E-state index contributed by atoms with van der Waals surface area (Å²) in [6, 6.07) is 14.6. The first-order valence-electron chi connectivity index (χ1n) is 6.51. The molecular formula is C16H17BrINO. The van der Waals surface area contributed by atoms with Gasteiger partial charge in [0.15, 0.2) is 0 Å². The summed E-state index contributed by atoms with van der Waals surface area (Å²) in [4.78, 5) is 0. The lowest BCUT2D eigenvalue weighted by Gasteiger charge is -2.21. The maximum Gasteiger partial charge on any atom is 0.124 e. The van der Waals surface area contributed by atoms with Crippen molar-refractivity contribution in [3.8, 4) is 5.75 Å². The number of nitrogens with one attached hydrogen (secondary N) is 1. The van der Waals surface area contributed by atoms with Crippen LogP contribution in [-0.2, 0) is 0 Å². The fourth-order valence-electron chi connectivity index (χ4n) is 2.22. The molecule has 0 aromatic heterocycles. The van der Waals surface area contributed by atoms with Gasteiger partial charge in [-0.25, -0.2) is 0 Å². The van der Waals surface area contributed by atoms with Gasteiger partial charge in [-0.05, 0) is 66.4 Å². The molecule has 0 saturated carbocycles. The molecule has 0 aliphatic carbocycles. The van der Waals surface area contributed by atoms with E-state index < -0.39 is 0 Å². The van der Waals surface area contributed by atoms with E-state index in [4.69, 9.17) is 4.74 Å². The van der Waals surface area contributed by atoms with E-state index in [-0.39, 0.29) is 6.04 Å². The zero-order valence-corrected chi connectivity index (χ0v) is 15.2. The van der Waals surface area contributed by atoms with Gasteiger partial charge >= 0.3 is 0 Å². The lowest BCUT2D eigenvalue weighted by molar-refractivity contribution is 0.334. The van der Waals surface area contributed by atoms with Gasteiger partial charge in [0, 0.05) is 13.6 Å². The molecule has 2 nitrogen and oxygen atoms in total. The van der Waals surface area contributed by atoms with Crippen molar-refractivity contribution in [2.24, 2.45) is 0 Å². The number of rotatable bonds is 5. The van der Waals surface area contributed by atoms with Gasteiger partial charge in [0.05, 0.1) is 12.6 Å². The van der Waals surface area contributed by atoms with Gasteiger partial charge in [-0.3, -0.25) is 0 Å². The molecule has 0 radical (unpaired) electrons. The fourth-order valence-corrected chi connectivity index (χ4v) is 3.21. The van der Waals surface area contributed by atoms with Gasteiger partial charge in [-0.2, -0.15) is 0 Å². The Morgan fingerprint density at radius 2 is 1.95 bits per heavy atom. The quantitative estimate of drug-likeness (QED) is 0.670. The molecule has 0 spiro atoms. The first-order chi connectivity index (χ1) is 9.67. The SMILES string of the molecule is CCOc1ccccc1C(NC)c1cc(I)ccc1Br. The number of halogens is 2. The molecule has 1 unspecified atom stereocenters. The molecule has 1 atom stereocenters. The van der Waals surface area contributed by atoms with Gasteiger partial charge in [0.25, 0.3) is 0 Å². The predicted octanol–water partition coefficient (Wildman–Crippen LogP) is 4.76. The fraction of sp³-hybridized carbons (Fsp3) is 0.250. The van der Waals surface area contributed by atoms with Gasteiger partial charge in [-0.1, -0.05) is 34.1 Å². The molecule has 0 aliphatic heterocycles. The van der Waals surface area contributed by atoms with Crippen LogP contribution in [0.2, 0.25) is 0 Å². The van der Waals surface area contributed by atoms with E-state index in [1.165, 1.54) is 9.13 Å². The van der Waals surface area contributed by atoms with Gasteiger partial charge in [-0.15, -0.1) is 0 Å². The molecule has 106 valence electrons. The molecule has 1 N–H and O–H groups in total. The Morgan fingerprint density at radius 1 is 1.20 bits per heavy atom. The van der Waals surface area contributed by atoms with Crippen LogP contribution in [0.1, 0.15) is 24.1 Å². The van der Waals surface area contributed by atoms with E-state index >= 15 is 0 Å².